The molecule has 3 aromatic rings. The molecule has 196 valence electrons. The zero-order valence-corrected chi connectivity index (χ0v) is 22.1. The molecule has 5 rings (SSSR count). The van der Waals surface area contributed by atoms with Crippen molar-refractivity contribution in [3.63, 3.8) is 0 Å². The highest BCUT2D eigenvalue weighted by Gasteiger charge is 2.27. The molecule has 2 fully saturated rings. The zero-order chi connectivity index (χ0) is 25.8. The molecule has 0 spiro atoms. The van der Waals surface area contributed by atoms with Gasteiger partial charge in [0.2, 0.25) is 11.9 Å². The third-order valence-electron chi connectivity index (χ3n) is 7.27. The monoisotopic (exact) mass is 522 g/mol. The van der Waals surface area contributed by atoms with E-state index in [4.69, 9.17) is 16.6 Å². The number of pyridine rings is 1. The van der Waals surface area contributed by atoms with E-state index in [1.54, 1.807) is 6.08 Å². The highest BCUT2D eigenvalue weighted by atomic mass is 35.5. The molecule has 1 aromatic carbocycles. The van der Waals surface area contributed by atoms with Gasteiger partial charge in [-0.1, -0.05) is 23.7 Å². The fraction of sp³-hybridized carbons (Fsp3) is 0.464. The van der Waals surface area contributed by atoms with Crippen LogP contribution >= 0.6 is 11.6 Å². The number of aryl methyl sites for hydroxylation is 1. The minimum absolute atomic E-state index is 0.0314. The number of aliphatic hydroxyl groups excluding tert-OH is 1. The third-order valence-corrected chi connectivity index (χ3v) is 7.57. The Morgan fingerprint density at radius 2 is 2.11 bits per heavy atom. The van der Waals surface area contributed by atoms with Crippen LogP contribution in [0.2, 0.25) is 5.02 Å². The van der Waals surface area contributed by atoms with E-state index in [1.807, 2.05) is 48.4 Å². The Balaban J connectivity index is 1.36. The number of aromatic nitrogens is 3. The molecule has 2 aromatic heterocycles. The summed E-state index contributed by atoms with van der Waals surface area (Å²) in [5.74, 6) is 0.795. The van der Waals surface area contributed by atoms with Crippen LogP contribution in [-0.4, -0.2) is 74.2 Å². The molecule has 2 aliphatic rings. The second-order valence-corrected chi connectivity index (χ2v) is 10.5. The molecule has 9 heteroatoms. The molecular formula is C28H35ClN6O2. The molecule has 2 saturated heterocycles. The standard InChI is InChI=1S/C28H35ClN6O2/c1-20-16-21(10-12-30-20)17-31-28-32-25-8-4-7-24(29)27(25)35(28)22-6-2-3-14-34(18-22)26(37)9-5-13-33-15-11-23(36)19-33/h4-5,7-10,12,16,22-23,36H,2-3,6,11,13-15,17-19H2,1H3,(H,31,32)/b9-5+/t22-,23+/m1/s1. The first-order valence-electron chi connectivity index (χ1n) is 13.2. The summed E-state index contributed by atoms with van der Waals surface area (Å²) in [6.45, 7) is 6.17. The Labute approximate surface area is 222 Å². The van der Waals surface area contributed by atoms with Gasteiger partial charge in [0.15, 0.2) is 0 Å². The van der Waals surface area contributed by atoms with E-state index < -0.39 is 0 Å². The SMILES string of the molecule is Cc1cc(CNc2nc3cccc(Cl)c3n2[C@@H]2CCCCN(C(=O)/C=C/CN3CC[C@H](O)C3)C2)ccn1. The van der Waals surface area contributed by atoms with Crippen molar-refractivity contribution in [2.24, 2.45) is 0 Å². The van der Waals surface area contributed by atoms with Crippen LogP contribution in [0.25, 0.3) is 11.0 Å². The van der Waals surface area contributed by atoms with Gasteiger partial charge in [-0.05, 0) is 62.4 Å². The van der Waals surface area contributed by atoms with Crippen molar-refractivity contribution in [3.8, 4) is 0 Å². The molecule has 4 heterocycles. The van der Waals surface area contributed by atoms with Crippen LogP contribution in [0.5, 0.6) is 0 Å². The minimum Gasteiger partial charge on any atom is -0.392 e. The number of likely N-dealkylation sites (tertiary alicyclic amines) is 2. The molecule has 1 amide bonds. The molecular weight excluding hydrogens is 488 g/mol. The number of aliphatic hydroxyl groups is 1. The van der Waals surface area contributed by atoms with Gasteiger partial charge in [-0.15, -0.1) is 0 Å². The number of hydrogen-bond acceptors (Lipinski definition) is 6. The summed E-state index contributed by atoms with van der Waals surface area (Å²) in [5, 5.41) is 13.9. The highest BCUT2D eigenvalue weighted by Crippen LogP contribution is 2.34. The van der Waals surface area contributed by atoms with Crippen LogP contribution in [-0.2, 0) is 11.3 Å². The predicted molar refractivity (Wildman–Crippen MR) is 147 cm³/mol. The molecule has 0 radical (unpaired) electrons. The number of anilines is 1. The van der Waals surface area contributed by atoms with Gasteiger partial charge >= 0.3 is 0 Å². The first-order valence-corrected chi connectivity index (χ1v) is 13.5. The summed E-state index contributed by atoms with van der Waals surface area (Å²) in [7, 11) is 0. The average molecular weight is 523 g/mol. The Morgan fingerprint density at radius 3 is 2.92 bits per heavy atom. The van der Waals surface area contributed by atoms with Crippen molar-refractivity contribution in [2.75, 3.05) is 38.0 Å². The van der Waals surface area contributed by atoms with E-state index in [0.29, 0.717) is 31.2 Å². The molecule has 2 atom stereocenters. The summed E-state index contributed by atoms with van der Waals surface area (Å²) in [6.07, 6.45) is 8.92. The lowest BCUT2D eigenvalue weighted by atomic mass is 10.1. The van der Waals surface area contributed by atoms with Crippen LogP contribution in [0.1, 0.15) is 43.0 Å². The maximum absolute atomic E-state index is 13.2. The van der Waals surface area contributed by atoms with Gasteiger partial charge in [-0.2, -0.15) is 0 Å². The Hall–Kier alpha value is -2.94. The number of nitrogens with one attached hydrogen (secondary N) is 1. The van der Waals surface area contributed by atoms with Gasteiger partial charge in [0, 0.05) is 57.2 Å². The van der Waals surface area contributed by atoms with Crippen LogP contribution in [0.15, 0.2) is 48.7 Å². The number of benzene rings is 1. The Kier molecular flexibility index (Phi) is 8.08. The number of fused-ring (bicyclic) bond motifs is 1. The smallest absolute Gasteiger partial charge is 0.246 e. The molecule has 0 aliphatic carbocycles. The lowest BCUT2D eigenvalue weighted by molar-refractivity contribution is -0.126. The molecule has 0 saturated carbocycles. The van der Waals surface area contributed by atoms with Gasteiger partial charge in [0.05, 0.1) is 28.2 Å². The second-order valence-electron chi connectivity index (χ2n) is 10.1. The third kappa shape index (κ3) is 6.14. The fourth-order valence-electron chi connectivity index (χ4n) is 5.40. The van der Waals surface area contributed by atoms with Crippen LogP contribution in [0.4, 0.5) is 5.95 Å². The second kappa shape index (κ2) is 11.6. The minimum atomic E-state index is -0.252. The first kappa shape index (κ1) is 25.7. The first-order chi connectivity index (χ1) is 18.0. The maximum Gasteiger partial charge on any atom is 0.246 e. The summed E-state index contributed by atoms with van der Waals surface area (Å²) < 4.78 is 2.20. The van der Waals surface area contributed by atoms with Gasteiger partial charge < -0.3 is 19.9 Å². The lowest BCUT2D eigenvalue weighted by Crippen LogP contribution is -2.34. The molecule has 37 heavy (non-hydrogen) atoms. The van der Waals surface area contributed by atoms with Crippen molar-refractivity contribution in [3.05, 3.63) is 65.0 Å². The largest absolute Gasteiger partial charge is 0.392 e. The summed E-state index contributed by atoms with van der Waals surface area (Å²) in [6, 6.07) is 9.92. The van der Waals surface area contributed by atoms with Crippen molar-refractivity contribution in [1.29, 1.82) is 0 Å². The van der Waals surface area contributed by atoms with Crippen LogP contribution in [0, 0.1) is 6.92 Å². The average Bonchev–Trinajstić information content (AvgIpc) is 3.37. The van der Waals surface area contributed by atoms with Gasteiger partial charge in [-0.3, -0.25) is 14.7 Å². The Bertz CT molecular complexity index is 1270. The number of β-amino-alcohol motifs (C(OH)–C–C–N with tert-alkyl or cyclic N) is 1. The number of carbonyl (C=O) groups is 1. The van der Waals surface area contributed by atoms with Crippen molar-refractivity contribution >= 4 is 34.5 Å². The highest BCUT2D eigenvalue weighted by molar-refractivity contribution is 6.35. The molecule has 0 unspecified atom stereocenters. The number of carbonyl (C=O) groups excluding carboxylic acids is 1. The van der Waals surface area contributed by atoms with E-state index in [1.165, 1.54) is 0 Å². The number of para-hydroxylation sites is 1. The van der Waals surface area contributed by atoms with Crippen molar-refractivity contribution in [2.45, 2.75) is 51.3 Å². The molecule has 8 nitrogen and oxygen atoms in total. The number of nitrogens with zero attached hydrogens (tertiary/aromatic N) is 5. The van der Waals surface area contributed by atoms with E-state index in [2.05, 4.69) is 25.8 Å². The summed E-state index contributed by atoms with van der Waals surface area (Å²) in [4.78, 5) is 26.5. The normalized spacial score (nSPS) is 21.1. The molecule has 2 aliphatic heterocycles. The zero-order valence-electron chi connectivity index (χ0n) is 21.3. The van der Waals surface area contributed by atoms with Crippen molar-refractivity contribution in [1.82, 2.24) is 24.3 Å². The number of amides is 1. The number of rotatable bonds is 7. The molecule has 0 bridgehead atoms. The van der Waals surface area contributed by atoms with Gasteiger partial charge in [0.25, 0.3) is 0 Å². The van der Waals surface area contributed by atoms with E-state index in [9.17, 15) is 9.90 Å². The van der Waals surface area contributed by atoms with E-state index in [0.717, 1.165) is 67.0 Å². The fourth-order valence-corrected chi connectivity index (χ4v) is 5.66. The Morgan fingerprint density at radius 1 is 1.22 bits per heavy atom. The van der Waals surface area contributed by atoms with Crippen LogP contribution < -0.4 is 5.32 Å². The number of halogens is 1. The summed E-state index contributed by atoms with van der Waals surface area (Å²) in [5.41, 5.74) is 3.85. The number of hydrogen-bond donors (Lipinski definition) is 2. The number of imidazole rings is 1. The van der Waals surface area contributed by atoms with E-state index in [-0.39, 0.29) is 18.1 Å². The topological polar surface area (TPSA) is 86.5 Å². The van der Waals surface area contributed by atoms with Crippen LogP contribution in [0.3, 0.4) is 0 Å². The predicted octanol–water partition coefficient (Wildman–Crippen LogP) is 4.18. The lowest BCUT2D eigenvalue weighted by Gasteiger charge is -2.26. The maximum atomic E-state index is 13.2. The summed E-state index contributed by atoms with van der Waals surface area (Å²) >= 11 is 6.70. The van der Waals surface area contributed by atoms with Crippen molar-refractivity contribution < 1.29 is 9.90 Å². The van der Waals surface area contributed by atoms with Gasteiger partial charge in [0.1, 0.15) is 0 Å². The quantitative estimate of drug-likeness (QED) is 0.453. The van der Waals surface area contributed by atoms with Gasteiger partial charge in [-0.25, -0.2) is 4.98 Å². The van der Waals surface area contributed by atoms with E-state index >= 15 is 0 Å². The molecule has 2 N–H and O–H groups in total.